The SMILES string of the molecule is NC1(COc2nncs2)CCCC1. The van der Waals surface area contributed by atoms with E-state index in [1.807, 2.05) is 0 Å². The first-order valence-electron chi connectivity index (χ1n) is 4.46. The fourth-order valence-electron chi connectivity index (χ4n) is 1.65. The van der Waals surface area contributed by atoms with Crippen LogP contribution in [-0.2, 0) is 0 Å². The summed E-state index contributed by atoms with van der Waals surface area (Å²) in [6.45, 7) is 0.572. The number of aromatic nitrogens is 2. The van der Waals surface area contributed by atoms with Gasteiger partial charge in [0.25, 0.3) is 5.19 Å². The van der Waals surface area contributed by atoms with Crippen molar-refractivity contribution in [1.29, 1.82) is 0 Å². The lowest BCUT2D eigenvalue weighted by molar-refractivity contribution is 0.218. The van der Waals surface area contributed by atoms with E-state index in [-0.39, 0.29) is 5.54 Å². The monoisotopic (exact) mass is 199 g/mol. The van der Waals surface area contributed by atoms with Gasteiger partial charge in [0.05, 0.1) is 5.54 Å². The Morgan fingerprint density at radius 2 is 2.31 bits per heavy atom. The van der Waals surface area contributed by atoms with Crippen LogP contribution in [0.5, 0.6) is 5.19 Å². The molecule has 1 saturated carbocycles. The Morgan fingerprint density at radius 3 is 2.92 bits per heavy atom. The quantitative estimate of drug-likeness (QED) is 0.794. The van der Waals surface area contributed by atoms with E-state index in [2.05, 4.69) is 10.2 Å². The van der Waals surface area contributed by atoms with Crippen LogP contribution in [0, 0.1) is 0 Å². The minimum absolute atomic E-state index is 0.119. The van der Waals surface area contributed by atoms with Gasteiger partial charge in [-0.05, 0) is 12.8 Å². The first kappa shape index (κ1) is 8.90. The van der Waals surface area contributed by atoms with E-state index in [9.17, 15) is 0 Å². The maximum Gasteiger partial charge on any atom is 0.293 e. The first-order chi connectivity index (χ1) is 6.29. The van der Waals surface area contributed by atoms with Crippen LogP contribution in [0.1, 0.15) is 25.7 Å². The van der Waals surface area contributed by atoms with E-state index in [0.717, 1.165) is 12.8 Å². The fraction of sp³-hybridized carbons (Fsp3) is 0.750. The molecule has 0 amide bonds. The summed E-state index contributed by atoms with van der Waals surface area (Å²) in [5.41, 5.74) is 7.65. The summed E-state index contributed by atoms with van der Waals surface area (Å²) in [4.78, 5) is 0. The Hall–Kier alpha value is -0.680. The third kappa shape index (κ3) is 2.16. The van der Waals surface area contributed by atoms with Crippen LogP contribution in [0.2, 0.25) is 0 Å². The number of rotatable bonds is 3. The Balaban J connectivity index is 1.85. The molecule has 1 aliphatic rings. The average Bonchev–Trinajstić information content (AvgIpc) is 2.72. The summed E-state index contributed by atoms with van der Waals surface area (Å²) in [5.74, 6) is 0. The zero-order valence-electron chi connectivity index (χ0n) is 7.40. The molecule has 72 valence electrons. The molecule has 0 atom stereocenters. The summed E-state index contributed by atoms with van der Waals surface area (Å²) in [5, 5.41) is 8.11. The van der Waals surface area contributed by atoms with Gasteiger partial charge in [-0.2, -0.15) is 0 Å². The highest BCUT2D eigenvalue weighted by molar-refractivity contribution is 7.11. The molecule has 1 aromatic heterocycles. The summed E-state index contributed by atoms with van der Waals surface area (Å²) in [7, 11) is 0. The topological polar surface area (TPSA) is 61.0 Å². The van der Waals surface area contributed by atoms with Crippen molar-refractivity contribution in [3.05, 3.63) is 5.51 Å². The van der Waals surface area contributed by atoms with Crippen molar-refractivity contribution in [3.8, 4) is 5.19 Å². The third-order valence-electron chi connectivity index (χ3n) is 2.42. The van der Waals surface area contributed by atoms with Crippen molar-refractivity contribution in [2.24, 2.45) is 5.73 Å². The van der Waals surface area contributed by atoms with Gasteiger partial charge < -0.3 is 10.5 Å². The Kier molecular flexibility index (Phi) is 2.46. The van der Waals surface area contributed by atoms with Crippen LogP contribution in [0.3, 0.4) is 0 Å². The lowest BCUT2D eigenvalue weighted by Gasteiger charge is -2.22. The van der Waals surface area contributed by atoms with Crippen LogP contribution in [0.4, 0.5) is 0 Å². The summed E-state index contributed by atoms with van der Waals surface area (Å²) >= 11 is 1.40. The van der Waals surface area contributed by atoms with E-state index >= 15 is 0 Å². The van der Waals surface area contributed by atoms with Crippen LogP contribution in [-0.4, -0.2) is 22.3 Å². The van der Waals surface area contributed by atoms with Crippen molar-refractivity contribution < 1.29 is 4.74 Å². The van der Waals surface area contributed by atoms with Gasteiger partial charge >= 0.3 is 0 Å². The molecule has 0 unspecified atom stereocenters. The second-order valence-corrected chi connectivity index (χ2v) is 4.36. The molecule has 1 aromatic rings. The lowest BCUT2D eigenvalue weighted by atomic mass is 10.0. The number of hydrogen-bond donors (Lipinski definition) is 1. The smallest absolute Gasteiger partial charge is 0.293 e. The Labute approximate surface area is 81.1 Å². The maximum absolute atomic E-state index is 6.11. The van der Waals surface area contributed by atoms with Gasteiger partial charge in [0, 0.05) is 0 Å². The molecule has 1 heterocycles. The van der Waals surface area contributed by atoms with Crippen molar-refractivity contribution >= 4 is 11.3 Å². The molecular formula is C8H13N3OS. The molecule has 0 saturated heterocycles. The summed E-state index contributed by atoms with van der Waals surface area (Å²) < 4.78 is 5.45. The molecule has 1 fully saturated rings. The zero-order valence-corrected chi connectivity index (χ0v) is 8.22. The normalized spacial score (nSPS) is 20.4. The van der Waals surface area contributed by atoms with E-state index in [4.69, 9.17) is 10.5 Å². The number of nitrogens with zero attached hydrogens (tertiary/aromatic N) is 2. The minimum Gasteiger partial charge on any atom is -0.467 e. The molecule has 2 rings (SSSR count). The van der Waals surface area contributed by atoms with Gasteiger partial charge in [-0.1, -0.05) is 24.2 Å². The van der Waals surface area contributed by atoms with Crippen molar-refractivity contribution in [2.75, 3.05) is 6.61 Å². The van der Waals surface area contributed by atoms with Crippen LogP contribution >= 0.6 is 11.3 Å². The largest absolute Gasteiger partial charge is 0.467 e. The molecule has 4 nitrogen and oxygen atoms in total. The highest BCUT2D eigenvalue weighted by Gasteiger charge is 2.30. The lowest BCUT2D eigenvalue weighted by Crippen LogP contribution is -2.42. The van der Waals surface area contributed by atoms with Crippen molar-refractivity contribution in [3.63, 3.8) is 0 Å². The first-order valence-corrected chi connectivity index (χ1v) is 5.34. The predicted molar refractivity (Wildman–Crippen MR) is 50.8 cm³/mol. The van der Waals surface area contributed by atoms with Gasteiger partial charge in [-0.3, -0.25) is 0 Å². The molecule has 0 bridgehead atoms. The highest BCUT2D eigenvalue weighted by atomic mass is 32.1. The standard InChI is InChI=1S/C8H13N3OS/c9-8(3-1-2-4-8)5-12-7-11-10-6-13-7/h6H,1-5,9H2. The number of nitrogens with two attached hydrogens (primary N) is 1. The zero-order chi connectivity index (χ0) is 9.15. The Bertz CT molecular complexity index is 256. The predicted octanol–water partition coefficient (Wildman–Crippen LogP) is 1.19. The Morgan fingerprint density at radius 1 is 1.54 bits per heavy atom. The van der Waals surface area contributed by atoms with Crippen molar-refractivity contribution in [1.82, 2.24) is 10.2 Å². The maximum atomic E-state index is 6.11. The van der Waals surface area contributed by atoms with Gasteiger partial charge in [-0.25, -0.2) is 0 Å². The van der Waals surface area contributed by atoms with Gasteiger partial charge in [0.1, 0.15) is 12.1 Å². The van der Waals surface area contributed by atoms with E-state index in [1.165, 1.54) is 24.2 Å². The molecule has 0 radical (unpaired) electrons. The second kappa shape index (κ2) is 3.59. The van der Waals surface area contributed by atoms with Crippen LogP contribution in [0.25, 0.3) is 0 Å². The molecular weight excluding hydrogens is 186 g/mol. The number of hydrogen-bond acceptors (Lipinski definition) is 5. The highest BCUT2D eigenvalue weighted by Crippen LogP contribution is 2.28. The fourth-order valence-corrected chi connectivity index (χ4v) is 2.06. The second-order valence-electron chi connectivity index (χ2n) is 3.56. The van der Waals surface area contributed by atoms with E-state index < -0.39 is 0 Å². The van der Waals surface area contributed by atoms with E-state index in [0.29, 0.717) is 11.8 Å². The molecule has 0 spiro atoms. The number of ether oxygens (including phenoxy) is 1. The molecule has 0 aromatic carbocycles. The van der Waals surface area contributed by atoms with Gasteiger partial charge in [0.2, 0.25) is 0 Å². The molecule has 1 aliphatic carbocycles. The van der Waals surface area contributed by atoms with Gasteiger partial charge in [0.15, 0.2) is 0 Å². The molecule has 13 heavy (non-hydrogen) atoms. The van der Waals surface area contributed by atoms with Crippen LogP contribution < -0.4 is 10.5 Å². The molecule has 5 heteroatoms. The summed E-state index contributed by atoms with van der Waals surface area (Å²) in [6, 6.07) is 0. The molecule has 2 N–H and O–H groups in total. The van der Waals surface area contributed by atoms with Crippen molar-refractivity contribution in [2.45, 2.75) is 31.2 Å². The van der Waals surface area contributed by atoms with Gasteiger partial charge in [-0.15, -0.1) is 10.2 Å². The minimum atomic E-state index is -0.119. The van der Waals surface area contributed by atoms with Crippen LogP contribution in [0.15, 0.2) is 5.51 Å². The summed E-state index contributed by atoms with van der Waals surface area (Å²) in [6.07, 6.45) is 4.56. The average molecular weight is 199 g/mol. The molecule has 0 aliphatic heterocycles. The van der Waals surface area contributed by atoms with E-state index in [1.54, 1.807) is 5.51 Å². The third-order valence-corrected chi connectivity index (χ3v) is 3.02.